The van der Waals surface area contributed by atoms with Crippen LogP contribution in [-0.4, -0.2) is 61.9 Å². The van der Waals surface area contributed by atoms with E-state index in [2.05, 4.69) is 14.4 Å². The van der Waals surface area contributed by atoms with Gasteiger partial charge in [0.1, 0.15) is 6.42 Å². The van der Waals surface area contributed by atoms with Gasteiger partial charge in [-0.1, -0.05) is 0 Å². The summed E-state index contributed by atoms with van der Waals surface area (Å²) in [5.41, 5.74) is 0. The van der Waals surface area contributed by atoms with Crippen molar-refractivity contribution in [1.29, 1.82) is 0 Å². The van der Waals surface area contributed by atoms with Crippen LogP contribution >= 0.6 is 35.6 Å². The first kappa shape index (κ1) is 24.8. The molecule has 0 unspecified atom stereocenters. The fraction of sp³-hybridized carbons (Fsp3) is 0.833. The topological polar surface area (TPSA) is 55.8 Å². The molecule has 5 nitrogen and oxygen atoms in total. The van der Waals surface area contributed by atoms with Crippen molar-refractivity contribution in [2.24, 2.45) is 0 Å². The molecule has 0 aliphatic carbocycles. The molecule has 122 valence electrons. The van der Waals surface area contributed by atoms with Gasteiger partial charge in [0, 0.05) is 24.8 Å². The van der Waals surface area contributed by atoms with Gasteiger partial charge in [0.15, 0.2) is 0 Å². The first-order valence-electron chi connectivity index (χ1n) is 6.13. The lowest BCUT2D eigenvalue weighted by Crippen LogP contribution is -2.22. The monoisotopic (exact) mass is 351 g/mol. The normalized spacial score (nSPS) is 9.10. The zero-order valence-electron chi connectivity index (χ0n) is 12.2. The summed E-state index contributed by atoms with van der Waals surface area (Å²) < 4.78 is 9.04. The van der Waals surface area contributed by atoms with E-state index in [9.17, 15) is 9.59 Å². The van der Waals surface area contributed by atoms with E-state index in [0.29, 0.717) is 11.8 Å². The van der Waals surface area contributed by atoms with Gasteiger partial charge in [-0.05, 0) is 20.9 Å². The van der Waals surface area contributed by atoms with Crippen molar-refractivity contribution in [1.82, 2.24) is 4.90 Å². The van der Waals surface area contributed by atoms with Crippen LogP contribution in [0.5, 0.6) is 0 Å². The molecule has 0 fully saturated rings. The van der Waals surface area contributed by atoms with Crippen LogP contribution < -0.4 is 0 Å². The van der Waals surface area contributed by atoms with Crippen LogP contribution in [0, 0.1) is 0 Å². The molecule has 0 saturated carbocycles. The number of rotatable bonds is 8. The number of esters is 2. The van der Waals surface area contributed by atoms with Crippen LogP contribution in [0.1, 0.15) is 20.3 Å². The molecule has 0 rings (SSSR count). The third-order valence-corrected chi connectivity index (χ3v) is 2.17. The Morgan fingerprint density at radius 1 is 0.950 bits per heavy atom. The zero-order chi connectivity index (χ0) is 15.1. The summed E-state index contributed by atoms with van der Waals surface area (Å²) in [4.78, 5) is 23.3. The molecule has 0 atom stereocenters. The second-order valence-corrected chi connectivity index (χ2v) is 4.22. The van der Waals surface area contributed by atoms with Gasteiger partial charge in [-0.2, -0.15) is 0 Å². The lowest BCUT2D eigenvalue weighted by Gasteiger charge is -2.11. The van der Waals surface area contributed by atoms with Crippen molar-refractivity contribution in [3.05, 3.63) is 0 Å². The highest BCUT2D eigenvalue weighted by Gasteiger charge is 2.09. The summed E-state index contributed by atoms with van der Waals surface area (Å²) in [5, 5.41) is 0. The van der Waals surface area contributed by atoms with E-state index >= 15 is 0 Å². The number of nitrogens with zero attached hydrogens (tertiary/aromatic N) is 1. The van der Waals surface area contributed by atoms with Crippen LogP contribution in [0.2, 0.25) is 0 Å². The minimum Gasteiger partial charge on any atom is -0.466 e. The van der Waals surface area contributed by atoms with Crippen molar-refractivity contribution in [3.63, 3.8) is 0 Å². The molecule has 0 aliphatic rings. The number of hydrogen-bond donors (Lipinski definition) is 0. The van der Waals surface area contributed by atoms with E-state index in [4.69, 9.17) is 23.2 Å². The fourth-order valence-electron chi connectivity index (χ4n) is 0.942. The van der Waals surface area contributed by atoms with Gasteiger partial charge < -0.3 is 14.4 Å². The van der Waals surface area contributed by atoms with Crippen LogP contribution in [0.25, 0.3) is 0 Å². The quantitative estimate of drug-likeness (QED) is 0.381. The Bertz CT molecular complexity index is 221. The van der Waals surface area contributed by atoms with Crippen molar-refractivity contribution >= 4 is 47.5 Å². The van der Waals surface area contributed by atoms with Gasteiger partial charge >= 0.3 is 11.9 Å². The average Bonchev–Trinajstić information content (AvgIpc) is 2.30. The Labute approximate surface area is 137 Å². The second-order valence-electron chi connectivity index (χ2n) is 3.47. The molecule has 0 heterocycles. The summed E-state index contributed by atoms with van der Waals surface area (Å²) in [7, 11) is 2.00. The maximum Gasteiger partial charge on any atom is 0.317 e. The first-order valence-corrected chi connectivity index (χ1v) is 7.20. The van der Waals surface area contributed by atoms with E-state index in [-0.39, 0.29) is 32.0 Å². The molecule has 0 radical (unpaired) electrons. The highest BCUT2D eigenvalue weighted by Crippen LogP contribution is 1.89. The van der Waals surface area contributed by atoms with Crippen molar-refractivity contribution in [2.75, 3.05) is 45.1 Å². The predicted molar refractivity (Wildman–Crippen MR) is 84.1 cm³/mol. The van der Waals surface area contributed by atoms with Gasteiger partial charge in [-0.3, -0.25) is 9.59 Å². The number of ether oxygens (including phenoxy) is 2. The Morgan fingerprint density at radius 3 is 1.55 bits per heavy atom. The summed E-state index contributed by atoms with van der Waals surface area (Å²) >= 11 is 10.9. The van der Waals surface area contributed by atoms with E-state index in [1.165, 1.54) is 0 Å². The Balaban J connectivity index is -0.000000288. The Morgan fingerprint density at radius 2 is 1.30 bits per heavy atom. The molecule has 0 aromatic carbocycles. The van der Waals surface area contributed by atoms with Gasteiger partial charge in [0.05, 0.1) is 13.2 Å². The van der Waals surface area contributed by atoms with E-state index in [0.717, 1.165) is 13.1 Å². The van der Waals surface area contributed by atoms with Crippen LogP contribution in [0.15, 0.2) is 0 Å². The molecule has 0 aromatic rings. The minimum absolute atomic E-state index is 0. The number of carbonyl (C=O) groups excluding carboxylic acids is 2. The summed E-state index contributed by atoms with van der Waals surface area (Å²) in [5.74, 6) is 0.303. The third-order valence-electron chi connectivity index (χ3n) is 1.83. The molecule has 0 aromatic heterocycles. The highest BCUT2D eigenvalue weighted by atomic mass is 35.5. The zero-order valence-corrected chi connectivity index (χ0v) is 14.5. The van der Waals surface area contributed by atoms with Crippen LogP contribution in [0.3, 0.4) is 0 Å². The minimum atomic E-state index is -0.536. The van der Waals surface area contributed by atoms with Gasteiger partial charge in [0.2, 0.25) is 0 Å². The standard InChI is InChI=1S/C7H12O4.C5H11Cl2N.ClH/c1-3-10-6(8)5-7(9)11-4-2;1-8(4-2-6)5-3-7;/h3-5H2,1-2H3;2-5H2,1H3;1H. The first-order chi connectivity index (χ1) is 9.01. The van der Waals surface area contributed by atoms with Gasteiger partial charge in [0.25, 0.3) is 0 Å². The van der Waals surface area contributed by atoms with Crippen LogP contribution in [0.4, 0.5) is 0 Å². The Kier molecular flexibility index (Phi) is 23.2. The molecule has 0 amide bonds. The molecule has 0 aliphatic heterocycles. The van der Waals surface area contributed by atoms with Gasteiger partial charge in [-0.15, -0.1) is 35.6 Å². The van der Waals surface area contributed by atoms with Crippen LogP contribution in [-0.2, 0) is 19.1 Å². The SMILES string of the molecule is CCOC(=O)CC(=O)OCC.CN(CCCl)CCCl.Cl. The molecular weight excluding hydrogens is 328 g/mol. The Hall–Kier alpha value is -0.230. The summed E-state index contributed by atoms with van der Waals surface area (Å²) in [6.07, 6.45) is -0.290. The molecule has 0 bridgehead atoms. The number of carbonyl (C=O) groups is 2. The lowest BCUT2D eigenvalue weighted by atomic mass is 10.4. The summed E-state index contributed by atoms with van der Waals surface area (Å²) in [6.45, 7) is 5.80. The van der Waals surface area contributed by atoms with Crippen molar-refractivity contribution < 1.29 is 19.1 Å². The molecule has 0 saturated heterocycles. The molecule has 20 heavy (non-hydrogen) atoms. The van der Waals surface area contributed by atoms with Crippen molar-refractivity contribution in [3.8, 4) is 0 Å². The molecule has 0 spiro atoms. The molecule has 8 heteroatoms. The van der Waals surface area contributed by atoms with E-state index < -0.39 is 11.9 Å². The van der Waals surface area contributed by atoms with E-state index in [1.54, 1.807) is 13.8 Å². The van der Waals surface area contributed by atoms with Gasteiger partial charge in [-0.25, -0.2) is 0 Å². The molecular formula is C12H24Cl3NO4. The third kappa shape index (κ3) is 20.1. The van der Waals surface area contributed by atoms with Crippen molar-refractivity contribution in [2.45, 2.75) is 20.3 Å². The number of alkyl halides is 2. The largest absolute Gasteiger partial charge is 0.466 e. The maximum atomic E-state index is 10.6. The molecule has 0 N–H and O–H groups in total. The smallest absolute Gasteiger partial charge is 0.317 e. The number of halogens is 3. The summed E-state index contributed by atoms with van der Waals surface area (Å²) in [6, 6.07) is 0. The predicted octanol–water partition coefficient (Wildman–Crippen LogP) is 2.32. The second kappa shape index (κ2) is 18.8. The lowest BCUT2D eigenvalue weighted by molar-refractivity contribution is -0.153. The average molecular weight is 353 g/mol. The highest BCUT2D eigenvalue weighted by molar-refractivity contribution is 6.18. The fourth-order valence-corrected chi connectivity index (χ4v) is 1.52. The van der Waals surface area contributed by atoms with E-state index in [1.807, 2.05) is 7.05 Å². The maximum absolute atomic E-state index is 10.6. The number of hydrogen-bond acceptors (Lipinski definition) is 5.